The molecule has 27 heavy (non-hydrogen) atoms. The fraction of sp³-hybridized carbons (Fsp3) is 0.680. The average molecular weight is 366 g/mol. The van der Waals surface area contributed by atoms with Crippen molar-refractivity contribution in [2.75, 3.05) is 4.90 Å². The van der Waals surface area contributed by atoms with Crippen molar-refractivity contribution in [1.82, 2.24) is 4.90 Å². The number of nitrogens with zero attached hydrogens (tertiary/aromatic N) is 2. The maximum absolute atomic E-state index is 9.71. The van der Waals surface area contributed by atoms with Crippen LogP contribution in [0, 0.1) is 18.8 Å². The summed E-state index contributed by atoms with van der Waals surface area (Å²) < 4.78 is 9.71. The van der Waals surface area contributed by atoms with Gasteiger partial charge in [-0.3, -0.25) is 4.90 Å². The normalized spacial score (nSPS) is 38.5. The summed E-state index contributed by atoms with van der Waals surface area (Å²) in [5, 5.41) is 0. The standard InChI is InChI=1S/C25H36N2/c1-18-10-6-9-15-22(18)26-19(2)23-16-17-24(20-11-4-3-5-12-20)27(23)25(26)21-13-7-8-14-21/h6,9-10,15-17,19-21,23-25H,3-5,7-8,11-14H2,1-2H3/t19-,23?,24?,25?/m0/s1/i24D. The van der Waals surface area contributed by atoms with Gasteiger partial charge in [-0.05, 0) is 63.0 Å². The predicted molar refractivity (Wildman–Crippen MR) is 114 cm³/mol. The van der Waals surface area contributed by atoms with E-state index < -0.39 is 6.02 Å². The second-order valence-electron chi connectivity index (χ2n) is 9.41. The van der Waals surface area contributed by atoms with E-state index in [0.717, 1.165) is 0 Å². The number of rotatable bonds is 3. The Kier molecular flexibility index (Phi) is 4.49. The lowest BCUT2D eigenvalue weighted by molar-refractivity contribution is 0.0984. The van der Waals surface area contributed by atoms with E-state index >= 15 is 0 Å². The molecule has 0 spiro atoms. The van der Waals surface area contributed by atoms with Gasteiger partial charge in [-0.2, -0.15) is 0 Å². The fourth-order valence-electron chi connectivity index (χ4n) is 6.48. The number of benzene rings is 1. The van der Waals surface area contributed by atoms with Crippen molar-refractivity contribution in [3.8, 4) is 0 Å². The molecule has 0 bridgehead atoms. The smallest absolute Gasteiger partial charge is 0.0863 e. The first-order chi connectivity index (χ1) is 13.6. The molecule has 2 nitrogen and oxygen atoms in total. The molecule has 0 N–H and O–H groups in total. The van der Waals surface area contributed by atoms with Gasteiger partial charge in [0.25, 0.3) is 0 Å². The first kappa shape index (κ1) is 16.7. The maximum atomic E-state index is 9.71. The van der Waals surface area contributed by atoms with Crippen molar-refractivity contribution in [3.63, 3.8) is 0 Å². The summed E-state index contributed by atoms with van der Waals surface area (Å²) >= 11 is 0. The second kappa shape index (κ2) is 7.28. The molecule has 146 valence electrons. The highest BCUT2D eigenvalue weighted by atomic mass is 15.5. The Bertz CT molecular complexity index is 734. The molecule has 2 heteroatoms. The van der Waals surface area contributed by atoms with Crippen LogP contribution in [-0.2, 0) is 0 Å². The zero-order valence-corrected chi connectivity index (χ0v) is 17.1. The second-order valence-corrected chi connectivity index (χ2v) is 9.41. The van der Waals surface area contributed by atoms with Gasteiger partial charge in [-0.25, -0.2) is 0 Å². The van der Waals surface area contributed by atoms with Crippen molar-refractivity contribution in [2.45, 2.75) is 95.9 Å². The lowest BCUT2D eigenvalue weighted by Gasteiger charge is -2.42. The highest BCUT2D eigenvalue weighted by molar-refractivity contribution is 5.57. The molecule has 1 aromatic carbocycles. The quantitative estimate of drug-likeness (QED) is 0.614. The molecule has 4 aliphatic rings. The summed E-state index contributed by atoms with van der Waals surface area (Å²) in [5.74, 6) is 1.19. The third-order valence-corrected chi connectivity index (χ3v) is 7.83. The Hall–Kier alpha value is -1.28. The predicted octanol–water partition coefficient (Wildman–Crippen LogP) is 5.91. The number of para-hydroxylation sites is 1. The molecule has 1 saturated heterocycles. The molecule has 2 aliphatic heterocycles. The van der Waals surface area contributed by atoms with Crippen LogP contribution in [0.5, 0.6) is 0 Å². The van der Waals surface area contributed by atoms with Crippen LogP contribution in [0.2, 0.25) is 0 Å². The number of hydrogen-bond donors (Lipinski definition) is 0. The monoisotopic (exact) mass is 365 g/mol. The van der Waals surface area contributed by atoms with Gasteiger partial charge in [0.2, 0.25) is 0 Å². The van der Waals surface area contributed by atoms with Gasteiger partial charge >= 0.3 is 0 Å². The third-order valence-electron chi connectivity index (χ3n) is 7.83. The Labute approximate surface area is 167 Å². The Morgan fingerprint density at radius 1 is 0.889 bits per heavy atom. The molecule has 2 heterocycles. The van der Waals surface area contributed by atoms with E-state index in [0.29, 0.717) is 30.1 Å². The zero-order chi connectivity index (χ0) is 19.3. The van der Waals surface area contributed by atoms with Crippen molar-refractivity contribution >= 4 is 5.69 Å². The Morgan fingerprint density at radius 2 is 1.56 bits per heavy atom. The Morgan fingerprint density at radius 3 is 2.30 bits per heavy atom. The van der Waals surface area contributed by atoms with Crippen LogP contribution in [0.1, 0.15) is 71.6 Å². The molecule has 2 saturated carbocycles. The summed E-state index contributed by atoms with van der Waals surface area (Å²) in [6, 6.07) is 9.21. The molecule has 1 aromatic rings. The minimum atomic E-state index is -0.510. The maximum Gasteiger partial charge on any atom is 0.0863 e. The van der Waals surface area contributed by atoms with Gasteiger partial charge in [0.1, 0.15) is 0 Å². The topological polar surface area (TPSA) is 6.48 Å². The molecule has 0 amide bonds. The fourth-order valence-corrected chi connectivity index (χ4v) is 6.48. The van der Waals surface area contributed by atoms with E-state index in [-0.39, 0.29) is 0 Å². The molecule has 0 radical (unpaired) electrons. The van der Waals surface area contributed by atoms with Crippen LogP contribution in [0.4, 0.5) is 5.69 Å². The molecule has 3 unspecified atom stereocenters. The van der Waals surface area contributed by atoms with Crippen LogP contribution in [-0.4, -0.2) is 29.2 Å². The van der Waals surface area contributed by atoms with Crippen molar-refractivity contribution in [1.29, 1.82) is 0 Å². The highest BCUT2D eigenvalue weighted by Gasteiger charge is 2.53. The molecule has 2 aliphatic carbocycles. The largest absolute Gasteiger partial charge is 0.351 e. The number of anilines is 1. The number of hydrogen-bond acceptors (Lipinski definition) is 2. The van der Waals surface area contributed by atoms with E-state index in [1.807, 2.05) is 0 Å². The van der Waals surface area contributed by atoms with Gasteiger partial charge < -0.3 is 4.90 Å². The highest BCUT2D eigenvalue weighted by Crippen LogP contribution is 2.47. The molecule has 5 rings (SSSR count). The lowest BCUT2D eigenvalue weighted by Crippen LogP contribution is -2.50. The summed E-state index contributed by atoms with van der Waals surface area (Å²) in [4.78, 5) is 5.38. The molecule has 0 aromatic heterocycles. The average Bonchev–Trinajstić information content (AvgIpc) is 3.42. The molecule has 3 fully saturated rings. The van der Waals surface area contributed by atoms with E-state index in [1.165, 1.54) is 69.0 Å². The third kappa shape index (κ3) is 2.95. The summed E-state index contributed by atoms with van der Waals surface area (Å²) in [7, 11) is 0. The van der Waals surface area contributed by atoms with Crippen molar-refractivity contribution < 1.29 is 1.37 Å². The zero-order valence-electron chi connectivity index (χ0n) is 18.1. The van der Waals surface area contributed by atoms with E-state index in [2.05, 4.69) is 60.1 Å². The number of fused-ring (bicyclic) bond motifs is 1. The molecule has 4 atom stereocenters. The Balaban J connectivity index is 1.57. The lowest BCUT2D eigenvalue weighted by atomic mass is 9.83. The SMILES string of the molecule is [2H]C1(C2CCCCC2)C=CC2[C@H](C)N(c3ccccc3C)C(C3CCCC3)N21. The van der Waals surface area contributed by atoms with Gasteiger partial charge in [-0.15, -0.1) is 0 Å². The van der Waals surface area contributed by atoms with Crippen LogP contribution < -0.4 is 4.90 Å². The van der Waals surface area contributed by atoms with Crippen molar-refractivity contribution in [3.05, 3.63) is 42.0 Å². The van der Waals surface area contributed by atoms with Crippen LogP contribution in [0.25, 0.3) is 0 Å². The van der Waals surface area contributed by atoms with E-state index in [9.17, 15) is 1.37 Å². The van der Waals surface area contributed by atoms with Gasteiger partial charge in [-0.1, -0.05) is 62.5 Å². The van der Waals surface area contributed by atoms with E-state index in [4.69, 9.17) is 0 Å². The first-order valence-corrected chi connectivity index (χ1v) is 11.4. The number of aryl methyl sites for hydroxylation is 1. The minimum Gasteiger partial charge on any atom is -0.351 e. The van der Waals surface area contributed by atoms with Crippen LogP contribution in [0.15, 0.2) is 36.4 Å². The van der Waals surface area contributed by atoms with Gasteiger partial charge in [0.15, 0.2) is 0 Å². The summed E-state index contributed by atoms with van der Waals surface area (Å²) in [5.41, 5.74) is 2.76. The first-order valence-electron chi connectivity index (χ1n) is 11.9. The minimum absolute atomic E-state index is 0.373. The summed E-state index contributed by atoms with van der Waals surface area (Å²) in [6.45, 7) is 4.65. The van der Waals surface area contributed by atoms with Crippen molar-refractivity contribution in [2.24, 2.45) is 11.8 Å². The summed E-state index contributed by atoms with van der Waals surface area (Å²) in [6.07, 6.45) is 16.9. The van der Waals surface area contributed by atoms with E-state index in [1.54, 1.807) is 0 Å². The van der Waals surface area contributed by atoms with Crippen LogP contribution >= 0.6 is 0 Å². The molecular weight excluding hydrogens is 328 g/mol. The molecular formula is C25H36N2. The van der Waals surface area contributed by atoms with Crippen LogP contribution in [0.3, 0.4) is 0 Å². The van der Waals surface area contributed by atoms with Gasteiger partial charge in [0.05, 0.1) is 13.6 Å². The van der Waals surface area contributed by atoms with Gasteiger partial charge in [0, 0.05) is 17.7 Å².